The minimum absolute atomic E-state index is 0.0231. The maximum atomic E-state index is 12.9. The van der Waals surface area contributed by atoms with Crippen LogP contribution in [0.4, 0.5) is 18.9 Å². The molecule has 0 aromatic carbocycles. The quantitative estimate of drug-likeness (QED) is 0.756. The lowest BCUT2D eigenvalue weighted by Gasteiger charge is -2.14. The molecule has 0 atom stereocenters. The van der Waals surface area contributed by atoms with Gasteiger partial charge in [0, 0.05) is 38.3 Å². The third-order valence-corrected chi connectivity index (χ3v) is 2.92. The summed E-state index contributed by atoms with van der Waals surface area (Å²) in [5, 5.41) is 0. The Labute approximate surface area is 109 Å². The standard InChI is InChI=1S/C13H15F3N3/c1-18(2)10-5-8-19(9-6-10)12-11(13(14,15)16)4-3-7-17-12/h5-9H,3-4H2,1-2H3/q+1. The third kappa shape index (κ3) is 2.94. The topological polar surface area (TPSA) is 19.5 Å². The molecule has 102 valence electrons. The van der Waals surface area contributed by atoms with E-state index in [9.17, 15) is 13.2 Å². The normalized spacial score (nSPS) is 15.8. The molecule has 1 aliphatic heterocycles. The van der Waals surface area contributed by atoms with Crippen molar-refractivity contribution < 1.29 is 17.7 Å². The number of nitrogens with zero attached hydrogens (tertiary/aromatic N) is 3. The number of rotatable bonds is 2. The van der Waals surface area contributed by atoms with Crippen molar-refractivity contribution in [3.05, 3.63) is 30.1 Å². The van der Waals surface area contributed by atoms with E-state index in [4.69, 9.17) is 0 Å². The van der Waals surface area contributed by atoms with Crippen molar-refractivity contribution in [3.8, 4) is 0 Å². The first kappa shape index (κ1) is 13.6. The smallest absolute Gasteiger partial charge is 0.377 e. The van der Waals surface area contributed by atoms with Crippen molar-refractivity contribution in [2.45, 2.75) is 19.0 Å². The van der Waals surface area contributed by atoms with Crippen molar-refractivity contribution in [2.24, 2.45) is 4.99 Å². The van der Waals surface area contributed by atoms with Crippen LogP contribution < -0.4 is 9.47 Å². The minimum atomic E-state index is -4.33. The summed E-state index contributed by atoms with van der Waals surface area (Å²) in [5.74, 6) is -0.0379. The number of hydrogen-bond donors (Lipinski definition) is 0. The average Bonchev–Trinajstić information content (AvgIpc) is 2.38. The van der Waals surface area contributed by atoms with Crippen LogP contribution in [0.25, 0.3) is 5.82 Å². The van der Waals surface area contributed by atoms with Crippen LogP contribution in [0.1, 0.15) is 12.8 Å². The molecule has 0 saturated heterocycles. The van der Waals surface area contributed by atoms with Gasteiger partial charge in [0.1, 0.15) is 11.8 Å². The van der Waals surface area contributed by atoms with Crippen molar-refractivity contribution in [1.82, 2.24) is 0 Å². The van der Waals surface area contributed by atoms with Gasteiger partial charge in [0.2, 0.25) is 0 Å². The zero-order valence-electron chi connectivity index (χ0n) is 10.8. The van der Waals surface area contributed by atoms with Crippen LogP contribution in [0.3, 0.4) is 0 Å². The van der Waals surface area contributed by atoms with Crippen LogP contribution in [0, 0.1) is 0 Å². The van der Waals surface area contributed by atoms with Crippen LogP contribution in [-0.2, 0) is 0 Å². The number of alkyl halides is 3. The molecular formula is C13H15F3N3+. The summed E-state index contributed by atoms with van der Waals surface area (Å²) in [6.07, 6.45) is 0.690. The second-order valence-corrected chi connectivity index (χ2v) is 4.51. The van der Waals surface area contributed by atoms with Gasteiger partial charge in [0.25, 0.3) is 0 Å². The molecule has 19 heavy (non-hydrogen) atoms. The number of aliphatic imine (C=N–C) groups is 1. The van der Waals surface area contributed by atoms with Crippen LogP contribution in [0.2, 0.25) is 0 Å². The summed E-state index contributed by atoms with van der Waals surface area (Å²) in [7, 11) is 3.75. The van der Waals surface area contributed by atoms with E-state index in [1.807, 2.05) is 19.0 Å². The number of hydrogen-bond acceptors (Lipinski definition) is 2. The van der Waals surface area contributed by atoms with E-state index in [0.717, 1.165) is 5.69 Å². The lowest BCUT2D eigenvalue weighted by atomic mass is 10.1. The van der Waals surface area contributed by atoms with Gasteiger partial charge >= 0.3 is 12.0 Å². The number of pyridine rings is 1. The number of aromatic nitrogens is 1. The Morgan fingerprint density at radius 2 is 1.84 bits per heavy atom. The van der Waals surface area contributed by atoms with Gasteiger partial charge in [0.05, 0.1) is 12.4 Å². The molecule has 0 aliphatic carbocycles. The Morgan fingerprint density at radius 1 is 1.21 bits per heavy atom. The Balaban J connectivity index is 2.43. The van der Waals surface area contributed by atoms with Gasteiger partial charge in [-0.25, -0.2) is 4.57 Å². The second-order valence-electron chi connectivity index (χ2n) is 4.51. The molecule has 0 saturated carbocycles. The Morgan fingerprint density at radius 3 is 2.37 bits per heavy atom. The SMILES string of the molecule is CN(C)c1cc[n+](C2=C(C(F)(F)F)CCC=N2)cc1. The van der Waals surface area contributed by atoms with E-state index in [-0.39, 0.29) is 12.2 Å². The fourth-order valence-electron chi connectivity index (χ4n) is 1.90. The van der Waals surface area contributed by atoms with Crippen LogP contribution in [0.5, 0.6) is 0 Å². The van der Waals surface area contributed by atoms with E-state index in [1.54, 1.807) is 24.5 Å². The summed E-state index contributed by atoms with van der Waals surface area (Å²) in [6.45, 7) is 0. The average molecular weight is 270 g/mol. The molecule has 0 unspecified atom stereocenters. The van der Waals surface area contributed by atoms with Crippen molar-refractivity contribution in [1.29, 1.82) is 0 Å². The lowest BCUT2D eigenvalue weighted by Crippen LogP contribution is -2.35. The van der Waals surface area contributed by atoms with Crippen LogP contribution in [-0.4, -0.2) is 26.5 Å². The van der Waals surface area contributed by atoms with E-state index >= 15 is 0 Å². The Kier molecular flexibility index (Phi) is 3.59. The summed E-state index contributed by atoms with van der Waals surface area (Å²) >= 11 is 0. The molecule has 0 amide bonds. The molecular weight excluding hydrogens is 255 g/mol. The molecule has 3 nitrogen and oxygen atoms in total. The molecule has 0 N–H and O–H groups in total. The summed E-state index contributed by atoms with van der Waals surface area (Å²) in [4.78, 5) is 5.79. The highest BCUT2D eigenvalue weighted by molar-refractivity contribution is 5.68. The summed E-state index contributed by atoms with van der Waals surface area (Å²) < 4.78 is 40.2. The molecule has 1 aromatic rings. The molecule has 1 aromatic heterocycles. The molecule has 0 bridgehead atoms. The zero-order chi connectivity index (χ0) is 14.0. The number of allylic oxidation sites excluding steroid dienone is 1. The first-order valence-electron chi connectivity index (χ1n) is 5.91. The van der Waals surface area contributed by atoms with E-state index in [0.29, 0.717) is 6.42 Å². The maximum absolute atomic E-state index is 12.9. The maximum Gasteiger partial charge on any atom is 0.420 e. The predicted molar refractivity (Wildman–Crippen MR) is 68.0 cm³/mol. The van der Waals surface area contributed by atoms with Gasteiger partial charge in [-0.3, -0.25) is 0 Å². The summed E-state index contributed by atoms with van der Waals surface area (Å²) in [5.41, 5.74) is 0.350. The molecule has 0 spiro atoms. The Hall–Kier alpha value is -1.85. The molecule has 2 heterocycles. The molecule has 1 aliphatic rings. The van der Waals surface area contributed by atoms with Gasteiger partial charge in [-0.2, -0.15) is 13.2 Å². The fraction of sp³-hybridized carbons (Fsp3) is 0.385. The fourth-order valence-corrected chi connectivity index (χ4v) is 1.90. The van der Waals surface area contributed by atoms with E-state index in [2.05, 4.69) is 4.99 Å². The minimum Gasteiger partial charge on any atom is -0.377 e. The first-order valence-corrected chi connectivity index (χ1v) is 5.91. The van der Waals surface area contributed by atoms with Crippen molar-refractivity contribution in [3.63, 3.8) is 0 Å². The molecule has 2 rings (SSSR count). The van der Waals surface area contributed by atoms with Gasteiger partial charge in [-0.1, -0.05) is 4.99 Å². The number of halogens is 3. The molecule has 6 heteroatoms. The van der Waals surface area contributed by atoms with Gasteiger partial charge in [-0.15, -0.1) is 0 Å². The first-order chi connectivity index (χ1) is 8.89. The van der Waals surface area contributed by atoms with E-state index < -0.39 is 11.7 Å². The van der Waals surface area contributed by atoms with Crippen molar-refractivity contribution in [2.75, 3.05) is 19.0 Å². The van der Waals surface area contributed by atoms with Crippen LogP contribution in [0.15, 0.2) is 35.1 Å². The second kappa shape index (κ2) is 5.03. The monoisotopic (exact) mass is 270 g/mol. The van der Waals surface area contributed by atoms with Crippen LogP contribution >= 0.6 is 0 Å². The lowest BCUT2D eigenvalue weighted by molar-refractivity contribution is -0.583. The van der Waals surface area contributed by atoms with E-state index in [1.165, 1.54) is 10.8 Å². The van der Waals surface area contributed by atoms with Gasteiger partial charge < -0.3 is 4.90 Å². The largest absolute Gasteiger partial charge is 0.420 e. The third-order valence-electron chi connectivity index (χ3n) is 2.92. The van der Waals surface area contributed by atoms with Crippen molar-refractivity contribution >= 4 is 17.7 Å². The highest BCUT2D eigenvalue weighted by Crippen LogP contribution is 2.33. The highest BCUT2D eigenvalue weighted by atomic mass is 19.4. The molecule has 0 fully saturated rings. The van der Waals surface area contributed by atoms with Gasteiger partial charge in [-0.05, 0) is 6.42 Å². The highest BCUT2D eigenvalue weighted by Gasteiger charge is 2.41. The zero-order valence-corrected chi connectivity index (χ0v) is 10.8. The number of anilines is 1. The predicted octanol–water partition coefficient (Wildman–Crippen LogP) is 2.64. The Bertz CT molecular complexity index is 513. The summed E-state index contributed by atoms with van der Waals surface area (Å²) in [6, 6.07) is 3.51. The molecule has 0 radical (unpaired) electrons. The van der Waals surface area contributed by atoms with Gasteiger partial charge in [0.15, 0.2) is 0 Å².